The van der Waals surface area contributed by atoms with Crippen molar-refractivity contribution in [2.75, 3.05) is 26.2 Å². The number of pyridine rings is 1. The van der Waals surface area contributed by atoms with Gasteiger partial charge >= 0.3 is 6.18 Å². The minimum absolute atomic E-state index is 0.00402. The standard InChI is InChI=1S/C12H14F3N3O3/c13-12(14,15)8-17-4-3-9(6-17)7-21-11-2-1-10(5-16-11)18(19)20/h1-2,5,9H,3-4,6-8H2/t9-/m0/s1. The lowest BCUT2D eigenvalue weighted by molar-refractivity contribution is -0.385. The van der Waals surface area contributed by atoms with Crippen molar-refractivity contribution in [3.05, 3.63) is 28.4 Å². The fourth-order valence-electron chi connectivity index (χ4n) is 2.22. The molecule has 0 unspecified atom stereocenters. The number of nitro groups is 1. The Morgan fingerprint density at radius 1 is 1.48 bits per heavy atom. The van der Waals surface area contributed by atoms with Crippen molar-refractivity contribution >= 4 is 5.69 Å². The number of alkyl halides is 3. The van der Waals surface area contributed by atoms with Gasteiger partial charge in [0.05, 0.1) is 18.1 Å². The Morgan fingerprint density at radius 3 is 2.81 bits per heavy atom. The van der Waals surface area contributed by atoms with Crippen LogP contribution in [-0.4, -0.2) is 47.2 Å². The molecule has 0 amide bonds. The summed E-state index contributed by atoms with van der Waals surface area (Å²) in [5, 5.41) is 10.5. The third kappa shape index (κ3) is 4.85. The maximum absolute atomic E-state index is 12.3. The Bertz CT molecular complexity index is 493. The molecule has 1 atom stereocenters. The van der Waals surface area contributed by atoms with Crippen molar-refractivity contribution in [1.82, 2.24) is 9.88 Å². The number of hydrogen-bond acceptors (Lipinski definition) is 5. The van der Waals surface area contributed by atoms with Gasteiger partial charge in [-0.1, -0.05) is 0 Å². The van der Waals surface area contributed by atoms with E-state index in [1.54, 1.807) is 0 Å². The molecule has 116 valence electrons. The van der Waals surface area contributed by atoms with Crippen molar-refractivity contribution in [2.45, 2.75) is 12.6 Å². The molecular weight excluding hydrogens is 291 g/mol. The van der Waals surface area contributed by atoms with Crippen molar-refractivity contribution < 1.29 is 22.8 Å². The SMILES string of the molecule is O=[N+]([O-])c1ccc(OC[C@H]2CCN(CC(F)(F)F)C2)nc1. The summed E-state index contributed by atoms with van der Waals surface area (Å²) in [5.74, 6) is 0.235. The van der Waals surface area contributed by atoms with Gasteiger partial charge in [-0.25, -0.2) is 4.98 Å². The van der Waals surface area contributed by atoms with Crippen LogP contribution in [0.3, 0.4) is 0 Å². The van der Waals surface area contributed by atoms with Crippen LogP contribution < -0.4 is 4.74 Å². The van der Waals surface area contributed by atoms with Crippen LogP contribution in [0, 0.1) is 16.0 Å². The van der Waals surface area contributed by atoms with Crippen LogP contribution in [0.15, 0.2) is 18.3 Å². The molecule has 0 spiro atoms. The number of likely N-dealkylation sites (tertiary alicyclic amines) is 1. The summed E-state index contributed by atoms with van der Waals surface area (Å²) in [6.45, 7) is 0.0617. The highest BCUT2D eigenvalue weighted by Crippen LogP contribution is 2.23. The first kappa shape index (κ1) is 15.5. The number of ether oxygens (including phenoxy) is 1. The quantitative estimate of drug-likeness (QED) is 0.616. The predicted octanol–water partition coefficient (Wildman–Crippen LogP) is 2.25. The fraction of sp³-hybridized carbons (Fsp3) is 0.583. The van der Waals surface area contributed by atoms with Gasteiger partial charge < -0.3 is 4.74 Å². The lowest BCUT2D eigenvalue weighted by Gasteiger charge is -2.17. The molecule has 1 aliphatic rings. The van der Waals surface area contributed by atoms with E-state index in [2.05, 4.69) is 4.98 Å². The number of aromatic nitrogens is 1. The van der Waals surface area contributed by atoms with E-state index < -0.39 is 17.6 Å². The van der Waals surface area contributed by atoms with E-state index in [0.717, 1.165) is 6.20 Å². The molecule has 0 saturated carbocycles. The molecule has 0 bridgehead atoms. The van der Waals surface area contributed by atoms with Gasteiger partial charge in [0.1, 0.15) is 6.20 Å². The second kappa shape index (κ2) is 6.25. The van der Waals surface area contributed by atoms with E-state index in [0.29, 0.717) is 19.5 Å². The van der Waals surface area contributed by atoms with Gasteiger partial charge in [-0.05, 0) is 13.0 Å². The molecule has 0 radical (unpaired) electrons. The molecule has 9 heteroatoms. The van der Waals surface area contributed by atoms with Crippen molar-refractivity contribution in [1.29, 1.82) is 0 Å². The van der Waals surface area contributed by atoms with Crippen LogP contribution in [0.1, 0.15) is 6.42 Å². The highest BCUT2D eigenvalue weighted by molar-refractivity contribution is 5.28. The van der Waals surface area contributed by atoms with Crippen LogP contribution in [0.2, 0.25) is 0 Å². The average Bonchev–Trinajstić information content (AvgIpc) is 2.82. The first-order chi connectivity index (χ1) is 9.83. The van der Waals surface area contributed by atoms with Gasteiger partial charge in [0.2, 0.25) is 5.88 Å². The second-order valence-electron chi connectivity index (χ2n) is 4.93. The van der Waals surface area contributed by atoms with Crippen molar-refractivity contribution in [3.63, 3.8) is 0 Å². The van der Waals surface area contributed by atoms with E-state index in [1.807, 2.05) is 0 Å². The van der Waals surface area contributed by atoms with Gasteiger partial charge in [-0.3, -0.25) is 15.0 Å². The zero-order chi connectivity index (χ0) is 15.5. The highest BCUT2D eigenvalue weighted by Gasteiger charge is 2.34. The van der Waals surface area contributed by atoms with Crippen LogP contribution >= 0.6 is 0 Å². The van der Waals surface area contributed by atoms with Gasteiger partial charge in [0.25, 0.3) is 5.69 Å². The normalized spacial score (nSPS) is 19.7. The summed E-state index contributed by atoms with van der Waals surface area (Å²) < 4.78 is 42.1. The topological polar surface area (TPSA) is 68.5 Å². The Balaban J connectivity index is 1.78. The van der Waals surface area contributed by atoms with Gasteiger partial charge in [-0.2, -0.15) is 13.2 Å². The average molecular weight is 305 g/mol. The maximum Gasteiger partial charge on any atom is 0.401 e. The van der Waals surface area contributed by atoms with E-state index in [1.165, 1.54) is 17.0 Å². The summed E-state index contributed by atoms with van der Waals surface area (Å²) in [4.78, 5) is 15.0. The van der Waals surface area contributed by atoms with E-state index >= 15 is 0 Å². The second-order valence-corrected chi connectivity index (χ2v) is 4.93. The molecule has 1 aliphatic heterocycles. The lowest BCUT2D eigenvalue weighted by Crippen LogP contribution is -2.32. The lowest BCUT2D eigenvalue weighted by atomic mass is 10.1. The molecule has 2 rings (SSSR count). The third-order valence-electron chi connectivity index (χ3n) is 3.17. The van der Waals surface area contributed by atoms with Crippen LogP contribution in [0.4, 0.5) is 18.9 Å². The molecular formula is C12H14F3N3O3. The number of rotatable bonds is 5. The van der Waals surface area contributed by atoms with E-state index in [4.69, 9.17) is 4.74 Å². The highest BCUT2D eigenvalue weighted by atomic mass is 19.4. The monoisotopic (exact) mass is 305 g/mol. The number of hydrogen-bond donors (Lipinski definition) is 0. The predicted molar refractivity (Wildman–Crippen MR) is 67.0 cm³/mol. The minimum atomic E-state index is -4.18. The summed E-state index contributed by atoms with van der Waals surface area (Å²) in [6, 6.07) is 2.65. The third-order valence-corrected chi connectivity index (χ3v) is 3.17. The van der Waals surface area contributed by atoms with Crippen molar-refractivity contribution in [2.24, 2.45) is 5.92 Å². The Hall–Kier alpha value is -1.90. The Kier molecular flexibility index (Phi) is 4.61. The molecule has 1 saturated heterocycles. The zero-order valence-corrected chi connectivity index (χ0v) is 11.0. The number of halogens is 3. The Morgan fingerprint density at radius 2 is 2.24 bits per heavy atom. The summed E-state index contributed by atoms with van der Waals surface area (Å²) >= 11 is 0. The van der Waals surface area contributed by atoms with Gasteiger partial charge in [0, 0.05) is 24.6 Å². The molecule has 0 N–H and O–H groups in total. The molecule has 0 aromatic carbocycles. The molecule has 21 heavy (non-hydrogen) atoms. The smallest absolute Gasteiger partial charge is 0.401 e. The van der Waals surface area contributed by atoms with Crippen molar-refractivity contribution in [3.8, 4) is 5.88 Å². The first-order valence-electron chi connectivity index (χ1n) is 6.36. The minimum Gasteiger partial charge on any atom is -0.477 e. The maximum atomic E-state index is 12.3. The van der Waals surface area contributed by atoms with Crippen LogP contribution in [-0.2, 0) is 0 Å². The molecule has 1 fully saturated rings. The Labute approximate surface area is 118 Å². The largest absolute Gasteiger partial charge is 0.477 e. The van der Waals surface area contributed by atoms with E-state index in [9.17, 15) is 23.3 Å². The zero-order valence-electron chi connectivity index (χ0n) is 11.0. The molecule has 0 aliphatic carbocycles. The summed E-state index contributed by atoms with van der Waals surface area (Å²) in [6.07, 6.45) is -2.47. The molecule has 1 aromatic rings. The molecule has 6 nitrogen and oxygen atoms in total. The fourth-order valence-corrected chi connectivity index (χ4v) is 2.22. The first-order valence-corrected chi connectivity index (χ1v) is 6.36. The summed E-state index contributed by atoms with van der Waals surface area (Å²) in [5.41, 5.74) is -0.139. The van der Waals surface area contributed by atoms with Crippen LogP contribution in [0.5, 0.6) is 5.88 Å². The molecule has 2 heterocycles. The van der Waals surface area contributed by atoms with Gasteiger partial charge in [-0.15, -0.1) is 0 Å². The summed E-state index contributed by atoms with van der Waals surface area (Å²) in [7, 11) is 0. The number of nitrogens with zero attached hydrogens (tertiary/aromatic N) is 3. The van der Waals surface area contributed by atoms with Gasteiger partial charge in [0.15, 0.2) is 0 Å². The van der Waals surface area contributed by atoms with Crippen LogP contribution in [0.25, 0.3) is 0 Å². The van der Waals surface area contributed by atoms with E-state index in [-0.39, 0.29) is 24.1 Å². The molecule has 1 aromatic heterocycles.